The second kappa shape index (κ2) is 7.61. The Hall–Kier alpha value is -1.11. The van der Waals surface area contributed by atoms with E-state index in [1.807, 2.05) is 52.9 Å². The molecule has 0 saturated carbocycles. The predicted octanol–water partition coefficient (Wildman–Crippen LogP) is 2.79. The first-order chi connectivity index (χ1) is 9.30. The van der Waals surface area contributed by atoms with Gasteiger partial charge in [0.05, 0.1) is 3.42 Å². The van der Waals surface area contributed by atoms with E-state index in [4.69, 9.17) is 5.11 Å². The molecule has 0 unspecified atom stereocenters. The highest BCUT2D eigenvalue weighted by molar-refractivity contribution is 14.1. The van der Waals surface area contributed by atoms with E-state index >= 15 is 0 Å². The van der Waals surface area contributed by atoms with Gasteiger partial charge in [0, 0.05) is 0 Å². The van der Waals surface area contributed by atoms with E-state index in [1.165, 1.54) is 5.56 Å². The number of benzene rings is 1. The van der Waals surface area contributed by atoms with Gasteiger partial charge in [0.1, 0.15) is 6.04 Å². The normalized spacial score (nSPS) is 12.8. The molecule has 0 bridgehead atoms. The average Bonchev–Trinajstić information content (AvgIpc) is 2.37. The second-order valence-electron chi connectivity index (χ2n) is 5.21. The SMILES string of the molecule is CC(C)(I)C(=O)N[C@H](CCCc1ccccc1)C(=O)O. The number of carbonyl (C=O) groups excluding carboxylic acids is 1. The van der Waals surface area contributed by atoms with Gasteiger partial charge in [-0.05, 0) is 38.7 Å². The number of aryl methyl sites for hydroxylation is 1. The zero-order valence-electron chi connectivity index (χ0n) is 11.7. The maximum atomic E-state index is 11.8. The maximum absolute atomic E-state index is 11.8. The molecule has 110 valence electrons. The zero-order valence-corrected chi connectivity index (χ0v) is 13.9. The van der Waals surface area contributed by atoms with Crippen LogP contribution >= 0.6 is 22.6 Å². The van der Waals surface area contributed by atoms with Crippen LogP contribution in [0.15, 0.2) is 30.3 Å². The predicted molar refractivity (Wildman–Crippen MR) is 87.0 cm³/mol. The van der Waals surface area contributed by atoms with Gasteiger partial charge in [0.2, 0.25) is 5.91 Å². The summed E-state index contributed by atoms with van der Waals surface area (Å²) in [6.45, 7) is 3.51. The molecule has 5 heteroatoms. The van der Waals surface area contributed by atoms with Gasteiger partial charge in [-0.2, -0.15) is 0 Å². The van der Waals surface area contributed by atoms with Crippen LogP contribution in [0.25, 0.3) is 0 Å². The topological polar surface area (TPSA) is 66.4 Å². The standard InChI is InChI=1S/C15H20INO3/c1-15(2,16)14(20)17-12(13(18)19)10-6-9-11-7-4-3-5-8-11/h3-5,7-8,12H,6,9-10H2,1-2H3,(H,17,20)(H,18,19)/t12-/m1/s1. The van der Waals surface area contributed by atoms with Gasteiger partial charge in [-0.15, -0.1) is 0 Å². The number of rotatable bonds is 7. The van der Waals surface area contributed by atoms with Crippen molar-refractivity contribution in [1.29, 1.82) is 0 Å². The highest BCUT2D eigenvalue weighted by atomic mass is 127. The van der Waals surface area contributed by atoms with Crippen LogP contribution in [0.2, 0.25) is 0 Å². The molecule has 0 radical (unpaired) electrons. The monoisotopic (exact) mass is 389 g/mol. The largest absolute Gasteiger partial charge is 0.480 e. The summed E-state index contributed by atoms with van der Waals surface area (Å²) in [4.78, 5) is 23.0. The van der Waals surface area contributed by atoms with Crippen molar-refractivity contribution in [3.8, 4) is 0 Å². The summed E-state index contributed by atoms with van der Waals surface area (Å²) >= 11 is 2.00. The number of halogens is 1. The third-order valence-corrected chi connectivity index (χ3v) is 3.43. The van der Waals surface area contributed by atoms with Crippen LogP contribution in [0.5, 0.6) is 0 Å². The van der Waals surface area contributed by atoms with Crippen molar-refractivity contribution in [3.63, 3.8) is 0 Å². The molecule has 0 aromatic heterocycles. The van der Waals surface area contributed by atoms with Crippen molar-refractivity contribution in [3.05, 3.63) is 35.9 Å². The molecule has 20 heavy (non-hydrogen) atoms. The molecule has 4 nitrogen and oxygen atoms in total. The minimum Gasteiger partial charge on any atom is -0.480 e. The molecule has 0 heterocycles. The lowest BCUT2D eigenvalue weighted by Gasteiger charge is -2.20. The van der Waals surface area contributed by atoms with E-state index in [1.54, 1.807) is 13.8 Å². The Morgan fingerprint density at radius 3 is 2.40 bits per heavy atom. The van der Waals surface area contributed by atoms with Crippen LogP contribution in [-0.4, -0.2) is 26.4 Å². The Bertz CT molecular complexity index is 454. The molecule has 1 aromatic carbocycles. The molecule has 0 aliphatic rings. The van der Waals surface area contributed by atoms with Crippen LogP contribution in [0.1, 0.15) is 32.3 Å². The summed E-state index contributed by atoms with van der Waals surface area (Å²) < 4.78 is -0.606. The fourth-order valence-corrected chi connectivity index (χ4v) is 1.90. The molecule has 1 rings (SSSR count). The summed E-state index contributed by atoms with van der Waals surface area (Å²) in [5.41, 5.74) is 1.18. The van der Waals surface area contributed by atoms with Gasteiger partial charge in [-0.25, -0.2) is 4.79 Å². The van der Waals surface area contributed by atoms with Crippen LogP contribution < -0.4 is 5.32 Å². The zero-order chi connectivity index (χ0) is 15.2. The smallest absolute Gasteiger partial charge is 0.326 e. The molecule has 2 N–H and O–H groups in total. The molecule has 0 spiro atoms. The van der Waals surface area contributed by atoms with Gasteiger partial charge in [0.25, 0.3) is 0 Å². The number of hydrogen-bond donors (Lipinski definition) is 2. The highest BCUT2D eigenvalue weighted by Gasteiger charge is 2.28. The van der Waals surface area contributed by atoms with Crippen molar-refractivity contribution in [2.45, 2.75) is 42.6 Å². The molecule has 0 aliphatic carbocycles. The summed E-state index contributed by atoms with van der Waals surface area (Å²) in [5, 5.41) is 11.8. The van der Waals surface area contributed by atoms with E-state index in [9.17, 15) is 9.59 Å². The molecule has 0 fully saturated rings. The number of amides is 1. The van der Waals surface area contributed by atoms with Crippen molar-refractivity contribution in [2.75, 3.05) is 0 Å². The van der Waals surface area contributed by atoms with Crippen molar-refractivity contribution in [1.82, 2.24) is 5.32 Å². The molecule has 1 aromatic rings. The quantitative estimate of drug-likeness (QED) is 0.557. The van der Waals surface area contributed by atoms with E-state index in [0.717, 1.165) is 12.8 Å². The number of carbonyl (C=O) groups is 2. The molecular weight excluding hydrogens is 369 g/mol. The highest BCUT2D eigenvalue weighted by Crippen LogP contribution is 2.17. The van der Waals surface area contributed by atoms with Gasteiger partial charge in [-0.3, -0.25) is 4.79 Å². The first kappa shape index (κ1) is 16.9. The van der Waals surface area contributed by atoms with Crippen molar-refractivity contribution in [2.24, 2.45) is 0 Å². The summed E-state index contributed by atoms with van der Waals surface area (Å²) in [7, 11) is 0. The number of hydrogen-bond acceptors (Lipinski definition) is 2. The lowest BCUT2D eigenvalue weighted by Crippen LogP contribution is -2.47. The lowest BCUT2D eigenvalue weighted by molar-refractivity contribution is -0.142. The molecule has 1 atom stereocenters. The molecular formula is C15H20INO3. The van der Waals surface area contributed by atoms with E-state index in [2.05, 4.69) is 5.32 Å². The van der Waals surface area contributed by atoms with Gasteiger partial charge in [-0.1, -0.05) is 52.9 Å². The van der Waals surface area contributed by atoms with E-state index in [0.29, 0.717) is 6.42 Å². The number of aliphatic carboxylic acids is 1. The van der Waals surface area contributed by atoms with Crippen molar-refractivity contribution < 1.29 is 14.7 Å². The minimum absolute atomic E-state index is 0.245. The number of carboxylic acids is 1. The molecule has 0 saturated heterocycles. The third kappa shape index (κ3) is 5.90. The minimum atomic E-state index is -0.980. The van der Waals surface area contributed by atoms with Crippen LogP contribution in [0.4, 0.5) is 0 Å². The first-order valence-electron chi connectivity index (χ1n) is 6.57. The fraction of sp³-hybridized carbons (Fsp3) is 0.467. The van der Waals surface area contributed by atoms with E-state index < -0.39 is 15.4 Å². The van der Waals surface area contributed by atoms with E-state index in [-0.39, 0.29) is 5.91 Å². The number of alkyl halides is 1. The fourth-order valence-electron chi connectivity index (χ4n) is 1.74. The molecule has 1 amide bonds. The number of nitrogens with one attached hydrogen (secondary N) is 1. The Labute approximate surface area is 133 Å². The van der Waals surface area contributed by atoms with Gasteiger partial charge < -0.3 is 10.4 Å². The van der Waals surface area contributed by atoms with Crippen molar-refractivity contribution >= 4 is 34.5 Å². The second-order valence-corrected chi connectivity index (χ2v) is 7.91. The van der Waals surface area contributed by atoms with Crippen LogP contribution in [-0.2, 0) is 16.0 Å². The van der Waals surface area contributed by atoms with Gasteiger partial charge in [0.15, 0.2) is 0 Å². The maximum Gasteiger partial charge on any atom is 0.326 e. The average molecular weight is 389 g/mol. The Kier molecular flexibility index (Phi) is 6.45. The first-order valence-corrected chi connectivity index (χ1v) is 7.65. The summed E-state index contributed by atoms with van der Waals surface area (Å²) in [6, 6.07) is 9.09. The van der Waals surface area contributed by atoms with Crippen LogP contribution in [0.3, 0.4) is 0 Å². The third-order valence-electron chi connectivity index (χ3n) is 2.94. The summed E-state index contributed by atoms with van der Waals surface area (Å²) in [5.74, 6) is -1.22. The summed E-state index contributed by atoms with van der Waals surface area (Å²) in [6.07, 6.45) is 1.97. The van der Waals surface area contributed by atoms with Crippen LogP contribution in [0, 0.1) is 0 Å². The number of carboxylic acid groups (broad SMARTS) is 1. The molecule has 0 aliphatic heterocycles. The van der Waals surface area contributed by atoms with Gasteiger partial charge >= 0.3 is 5.97 Å². The lowest BCUT2D eigenvalue weighted by atomic mass is 10.0. The Morgan fingerprint density at radius 2 is 1.90 bits per heavy atom. The Morgan fingerprint density at radius 1 is 1.30 bits per heavy atom. The Balaban J connectivity index is 2.48.